The molecule has 0 N–H and O–H groups in total. The first-order valence-corrected chi connectivity index (χ1v) is 2.97. The fraction of sp³-hybridized carbons (Fsp3) is 0.667. The van der Waals surface area contributed by atoms with Gasteiger partial charge in [0.05, 0.1) is 6.54 Å². The second-order valence-electron chi connectivity index (χ2n) is 2.06. The highest BCUT2D eigenvalue weighted by Gasteiger charge is 2.30. The van der Waals surface area contributed by atoms with Crippen molar-refractivity contribution in [3.8, 4) is 0 Å². The lowest BCUT2D eigenvalue weighted by Crippen LogP contribution is -2.27. The number of hydrogen-bond acceptors (Lipinski definition) is 5. The summed E-state index contributed by atoms with van der Waals surface area (Å²) in [6.07, 6.45) is 0. The number of tetrazole rings is 1. The second kappa shape index (κ2) is 1.87. The highest BCUT2D eigenvalue weighted by Crippen LogP contribution is 2.14. The number of nitrogens with zero attached hydrogens (tertiary/aromatic N) is 6. The van der Waals surface area contributed by atoms with Crippen LogP contribution in [0, 0.1) is 10.1 Å². The summed E-state index contributed by atoms with van der Waals surface area (Å²) in [5.74, 6) is 0.204. The predicted octanol–water partition coefficient (Wildman–Crippen LogP) is -1.32. The third-order valence-corrected chi connectivity index (χ3v) is 1.46. The van der Waals surface area contributed by atoms with E-state index in [9.17, 15) is 10.1 Å². The van der Waals surface area contributed by atoms with E-state index in [1.54, 1.807) is 0 Å². The molecular formula is C3H4N6O2. The Hall–Kier alpha value is -1.73. The number of hydrazine groups is 1. The Bertz CT molecular complexity index is 294. The summed E-state index contributed by atoms with van der Waals surface area (Å²) in [5, 5.41) is 21.0. The molecule has 0 amide bonds. The number of hydrogen-bond donors (Lipinski definition) is 0. The molecule has 1 aromatic heterocycles. The molecule has 0 aliphatic carbocycles. The maximum absolute atomic E-state index is 10.3. The van der Waals surface area contributed by atoms with Crippen LogP contribution in [0.5, 0.6) is 0 Å². The van der Waals surface area contributed by atoms with Gasteiger partial charge < -0.3 is 0 Å². The van der Waals surface area contributed by atoms with Gasteiger partial charge in [0.2, 0.25) is 0 Å². The molecule has 0 bridgehead atoms. The predicted molar refractivity (Wildman–Crippen MR) is 32.2 cm³/mol. The molecule has 8 heteroatoms. The molecule has 0 spiro atoms. The third kappa shape index (κ3) is 0.719. The van der Waals surface area contributed by atoms with Gasteiger partial charge in [0.1, 0.15) is 6.54 Å². The van der Waals surface area contributed by atoms with Gasteiger partial charge in [-0.25, -0.2) is 14.8 Å². The van der Waals surface area contributed by atoms with Gasteiger partial charge in [-0.1, -0.05) is 10.1 Å². The lowest BCUT2D eigenvalue weighted by atomic mass is 10.7. The highest BCUT2D eigenvalue weighted by atomic mass is 16.7. The average Bonchev–Trinajstić information content (AvgIpc) is 2.41. The molecule has 0 fully saturated rings. The highest BCUT2D eigenvalue weighted by molar-refractivity contribution is 5.25. The van der Waals surface area contributed by atoms with Crippen molar-refractivity contribution in [1.82, 2.24) is 20.2 Å². The van der Waals surface area contributed by atoms with Crippen LogP contribution in [0.1, 0.15) is 0 Å². The smallest absolute Gasteiger partial charge is 0.234 e. The van der Waals surface area contributed by atoms with Crippen molar-refractivity contribution in [2.75, 3.05) is 11.6 Å². The summed E-state index contributed by atoms with van der Waals surface area (Å²) in [5.41, 5.74) is 0. The van der Waals surface area contributed by atoms with Crippen LogP contribution >= 0.6 is 0 Å². The van der Waals surface area contributed by atoms with Crippen LogP contribution in [-0.2, 0) is 6.54 Å². The fourth-order valence-electron chi connectivity index (χ4n) is 0.974. The molecule has 1 aromatic rings. The van der Waals surface area contributed by atoms with Gasteiger partial charge in [-0.3, -0.25) is 0 Å². The van der Waals surface area contributed by atoms with E-state index in [1.807, 2.05) is 0 Å². The summed E-state index contributed by atoms with van der Waals surface area (Å²) in [4.78, 5) is 10.3. The molecule has 0 saturated heterocycles. The zero-order valence-electron chi connectivity index (χ0n) is 5.41. The van der Waals surface area contributed by atoms with E-state index in [-0.39, 0.29) is 5.95 Å². The van der Waals surface area contributed by atoms with Crippen LogP contribution in [0.25, 0.3) is 0 Å². The molecule has 0 aromatic carbocycles. The normalized spacial score (nSPS) is 15.1. The topological polar surface area (TPSA) is 90.0 Å². The summed E-state index contributed by atoms with van der Waals surface area (Å²) >= 11 is 0. The molecule has 8 nitrogen and oxygen atoms in total. The fourth-order valence-corrected chi connectivity index (χ4v) is 0.974. The Morgan fingerprint density at radius 1 is 1.55 bits per heavy atom. The second-order valence-corrected chi connectivity index (χ2v) is 2.06. The van der Waals surface area contributed by atoms with Crippen LogP contribution in [0.4, 0.5) is 5.95 Å². The first-order chi connectivity index (χ1) is 5.29. The molecule has 1 aliphatic heterocycles. The molecular weight excluding hydrogens is 152 g/mol. The first kappa shape index (κ1) is 6.01. The van der Waals surface area contributed by atoms with E-state index in [0.717, 1.165) is 5.01 Å². The Labute approximate surface area is 60.5 Å². The lowest BCUT2D eigenvalue weighted by Gasteiger charge is -1.99. The van der Waals surface area contributed by atoms with Crippen molar-refractivity contribution in [1.29, 1.82) is 0 Å². The zero-order valence-corrected chi connectivity index (χ0v) is 5.41. The number of aromatic nitrogens is 4. The molecule has 1 aliphatic rings. The summed E-state index contributed by atoms with van der Waals surface area (Å²) in [7, 11) is 0. The molecule has 2 rings (SSSR count). The zero-order chi connectivity index (χ0) is 7.84. The molecule has 0 saturated carbocycles. The summed E-state index contributed by atoms with van der Waals surface area (Å²) in [6, 6.07) is 0. The van der Waals surface area contributed by atoms with E-state index in [4.69, 9.17) is 0 Å². The van der Waals surface area contributed by atoms with Gasteiger partial charge in [-0.2, -0.15) is 0 Å². The lowest BCUT2D eigenvalue weighted by molar-refractivity contribution is -0.493. The summed E-state index contributed by atoms with van der Waals surface area (Å²) < 4.78 is 1.39. The Balaban J connectivity index is 2.38. The maximum atomic E-state index is 10.3. The SMILES string of the molecule is O=[N+]([O-])N1CCn2nnnc21. The van der Waals surface area contributed by atoms with Crippen molar-refractivity contribution in [2.45, 2.75) is 6.54 Å². The minimum atomic E-state index is -0.519. The molecule has 2 heterocycles. The van der Waals surface area contributed by atoms with E-state index in [2.05, 4.69) is 15.5 Å². The summed E-state index contributed by atoms with van der Waals surface area (Å²) in [6.45, 7) is 0.786. The van der Waals surface area contributed by atoms with E-state index >= 15 is 0 Å². The van der Waals surface area contributed by atoms with Crippen LogP contribution < -0.4 is 5.01 Å². The van der Waals surface area contributed by atoms with E-state index in [0.29, 0.717) is 13.1 Å². The standard InChI is InChI=1S/C3H4N6O2/c10-9(11)8-2-1-7-3(8)4-5-6-7/h1-2H2. The van der Waals surface area contributed by atoms with Gasteiger partial charge in [-0.05, 0) is 10.4 Å². The van der Waals surface area contributed by atoms with Gasteiger partial charge in [-0.15, -0.1) is 0 Å². The van der Waals surface area contributed by atoms with Gasteiger partial charge >= 0.3 is 5.95 Å². The number of nitro groups is 1. The van der Waals surface area contributed by atoms with Gasteiger partial charge in [0.15, 0.2) is 5.03 Å². The first-order valence-electron chi connectivity index (χ1n) is 2.97. The minimum Gasteiger partial charge on any atom is -0.234 e. The van der Waals surface area contributed by atoms with Crippen LogP contribution in [0.2, 0.25) is 0 Å². The average molecular weight is 156 g/mol. The van der Waals surface area contributed by atoms with Crippen LogP contribution in [0.3, 0.4) is 0 Å². The molecule has 0 radical (unpaired) electrons. The molecule has 0 unspecified atom stereocenters. The molecule has 0 atom stereocenters. The van der Waals surface area contributed by atoms with Gasteiger partial charge in [0.25, 0.3) is 0 Å². The van der Waals surface area contributed by atoms with Crippen molar-refractivity contribution in [3.05, 3.63) is 10.1 Å². The van der Waals surface area contributed by atoms with E-state index in [1.165, 1.54) is 4.68 Å². The van der Waals surface area contributed by atoms with Crippen molar-refractivity contribution < 1.29 is 5.03 Å². The monoisotopic (exact) mass is 156 g/mol. The van der Waals surface area contributed by atoms with Crippen molar-refractivity contribution in [2.24, 2.45) is 0 Å². The Morgan fingerprint density at radius 2 is 2.36 bits per heavy atom. The molecule has 11 heavy (non-hydrogen) atoms. The minimum absolute atomic E-state index is 0.204. The number of anilines is 1. The van der Waals surface area contributed by atoms with Crippen LogP contribution in [0.15, 0.2) is 0 Å². The van der Waals surface area contributed by atoms with Crippen LogP contribution in [-0.4, -0.2) is 31.8 Å². The quantitative estimate of drug-likeness (QED) is 0.370. The number of fused-ring (bicyclic) bond motifs is 1. The third-order valence-electron chi connectivity index (χ3n) is 1.46. The van der Waals surface area contributed by atoms with Gasteiger partial charge in [0, 0.05) is 0 Å². The van der Waals surface area contributed by atoms with Crippen molar-refractivity contribution in [3.63, 3.8) is 0 Å². The van der Waals surface area contributed by atoms with Crippen molar-refractivity contribution >= 4 is 5.95 Å². The van der Waals surface area contributed by atoms with E-state index < -0.39 is 5.03 Å². The largest absolute Gasteiger partial charge is 0.307 e. The Kier molecular flexibility index (Phi) is 1.02. The molecule has 58 valence electrons. The maximum Gasteiger partial charge on any atom is 0.307 e. The Morgan fingerprint density at radius 3 is 3.09 bits per heavy atom. The number of rotatable bonds is 1.